The Hall–Kier alpha value is -2.30. The Kier molecular flexibility index (Phi) is 4.08. The zero-order chi connectivity index (χ0) is 14.7. The molecule has 106 valence electrons. The van der Waals surface area contributed by atoms with Gasteiger partial charge in [-0.2, -0.15) is 0 Å². The lowest BCUT2D eigenvalue weighted by Crippen LogP contribution is -2.30. The van der Waals surface area contributed by atoms with Crippen LogP contribution in [-0.4, -0.2) is 30.0 Å². The van der Waals surface area contributed by atoms with E-state index in [0.717, 1.165) is 16.9 Å². The first-order chi connectivity index (χ1) is 9.56. The fourth-order valence-corrected chi connectivity index (χ4v) is 2.20. The maximum absolute atomic E-state index is 12.1. The van der Waals surface area contributed by atoms with Gasteiger partial charge in [-0.25, -0.2) is 4.79 Å². The molecule has 5 heteroatoms. The Labute approximate surface area is 118 Å². The van der Waals surface area contributed by atoms with E-state index in [9.17, 15) is 9.59 Å². The van der Waals surface area contributed by atoms with Crippen LogP contribution >= 0.6 is 0 Å². The van der Waals surface area contributed by atoms with Crippen molar-refractivity contribution in [3.8, 4) is 5.75 Å². The van der Waals surface area contributed by atoms with E-state index in [1.165, 1.54) is 4.90 Å². The number of amides is 3. The highest BCUT2D eigenvalue weighted by atomic mass is 16.5. The lowest BCUT2D eigenvalue weighted by Gasteiger charge is -2.14. The number of hydrogen-bond donors (Lipinski definition) is 1. The predicted octanol–water partition coefficient (Wildman–Crippen LogP) is 2.00. The van der Waals surface area contributed by atoms with Gasteiger partial charge in [0.1, 0.15) is 11.8 Å². The third kappa shape index (κ3) is 2.66. The van der Waals surface area contributed by atoms with Gasteiger partial charge in [0, 0.05) is 0 Å². The standard InChI is InChI=1S/C15H18N2O3/c1-4-5-12-14(18)17(15(19)16-12)9-11-7-6-10(2)13(8-11)20-3/h4,6-8,12H,1,5,9H2,2-3H3,(H,16,19). The topological polar surface area (TPSA) is 58.6 Å². The van der Waals surface area contributed by atoms with Crippen molar-refractivity contribution in [2.24, 2.45) is 0 Å². The molecule has 20 heavy (non-hydrogen) atoms. The van der Waals surface area contributed by atoms with Gasteiger partial charge in [0.25, 0.3) is 5.91 Å². The van der Waals surface area contributed by atoms with Crippen LogP contribution in [0.3, 0.4) is 0 Å². The first-order valence-electron chi connectivity index (χ1n) is 6.43. The highest BCUT2D eigenvalue weighted by Gasteiger charge is 2.36. The molecule has 1 unspecified atom stereocenters. The number of ether oxygens (including phenoxy) is 1. The molecule has 0 spiro atoms. The third-order valence-corrected chi connectivity index (χ3v) is 3.32. The number of methoxy groups -OCH3 is 1. The van der Waals surface area contributed by atoms with Gasteiger partial charge in [0.05, 0.1) is 13.7 Å². The Morgan fingerprint density at radius 1 is 1.45 bits per heavy atom. The van der Waals surface area contributed by atoms with Crippen molar-refractivity contribution >= 4 is 11.9 Å². The van der Waals surface area contributed by atoms with E-state index in [1.54, 1.807) is 13.2 Å². The molecule has 0 aliphatic carbocycles. The molecule has 1 aromatic rings. The maximum atomic E-state index is 12.1. The van der Waals surface area contributed by atoms with Crippen molar-refractivity contribution in [3.05, 3.63) is 42.0 Å². The van der Waals surface area contributed by atoms with Gasteiger partial charge in [-0.3, -0.25) is 9.69 Å². The van der Waals surface area contributed by atoms with Crippen LogP contribution in [0.25, 0.3) is 0 Å². The van der Waals surface area contributed by atoms with Crippen LogP contribution < -0.4 is 10.1 Å². The summed E-state index contributed by atoms with van der Waals surface area (Å²) in [6.07, 6.45) is 2.07. The van der Waals surface area contributed by atoms with E-state index >= 15 is 0 Å². The summed E-state index contributed by atoms with van der Waals surface area (Å²) >= 11 is 0. The third-order valence-electron chi connectivity index (χ3n) is 3.32. The second kappa shape index (κ2) is 5.77. The molecule has 3 amide bonds. The van der Waals surface area contributed by atoms with Crippen LogP contribution in [0.4, 0.5) is 4.79 Å². The van der Waals surface area contributed by atoms with Crippen LogP contribution in [-0.2, 0) is 11.3 Å². The first-order valence-corrected chi connectivity index (χ1v) is 6.43. The van der Waals surface area contributed by atoms with Crippen molar-refractivity contribution in [1.29, 1.82) is 0 Å². The normalized spacial score (nSPS) is 18.1. The summed E-state index contributed by atoms with van der Waals surface area (Å²) in [5.41, 5.74) is 1.87. The molecule has 1 N–H and O–H groups in total. The second-order valence-corrected chi connectivity index (χ2v) is 4.75. The van der Waals surface area contributed by atoms with Crippen molar-refractivity contribution < 1.29 is 14.3 Å². The summed E-state index contributed by atoms with van der Waals surface area (Å²) in [5, 5.41) is 2.65. The molecule has 1 aliphatic heterocycles. The van der Waals surface area contributed by atoms with Crippen LogP contribution in [0.15, 0.2) is 30.9 Å². The summed E-state index contributed by atoms with van der Waals surface area (Å²) in [6.45, 7) is 5.77. The number of urea groups is 1. The Morgan fingerprint density at radius 3 is 2.85 bits per heavy atom. The van der Waals surface area contributed by atoms with Gasteiger partial charge in [0.2, 0.25) is 0 Å². The summed E-state index contributed by atoms with van der Waals surface area (Å²) in [7, 11) is 1.60. The van der Waals surface area contributed by atoms with Gasteiger partial charge >= 0.3 is 6.03 Å². The minimum absolute atomic E-state index is 0.213. The van der Waals surface area contributed by atoms with Crippen LogP contribution in [0, 0.1) is 6.92 Å². The van der Waals surface area contributed by atoms with E-state index in [1.807, 2.05) is 25.1 Å². The fourth-order valence-electron chi connectivity index (χ4n) is 2.20. The molecule has 0 aromatic heterocycles. The van der Waals surface area contributed by atoms with Gasteiger partial charge < -0.3 is 10.1 Å². The zero-order valence-electron chi connectivity index (χ0n) is 11.7. The Bertz CT molecular complexity index is 554. The maximum Gasteiger partial charge on any atom is 0.325 e. The molecule has 1 aromatic carbocycles. The van der Waals surface area contributed by atoms with Crippen molar-refractivity contribution in [2.75, 3.05) is 7.11 Å². The van der Waals surface area contributed by atoms with E-state index in [4.69, 9.17) is 4.74 Å². The number of aryl methyl sites for hydroxylation is 1. The summed E-state index contributed by atoms with van der Waals surface area (Å²) in [5.74, 6) is 0.534. The summed E-state index contributed by atoms with van der Waals surface area (Å²) in [6, 6.07) is 4.79. The van der Waals surface area contributed by atoms with Gasteiger partial charge in [-0.05, 0) is 30.5 Å². The largest absolute Gasteiger partial charge is 0.496 e. The minimum Gasteiger partial charge on any atom is -0.496 e. The lowest BCUT2D eigenvalue weighted by atomic mass is 10.1. The van der Waals surface area contributed by atoms with Crippen molar-refractivity contribution in [3.63, 3.8) is 0 Å². The molecule has 0 saturated carbocycles. The molecule has 5 nitrogen and oxygen atoms in total. The molecule has 1 atom stereocenters. The number of hydrogen-bond acceptors (Lipinski definition) is 3. The molecular weight excluding hydrogens is 256 g/mol. The lowest BCUT2D eigenvalue weighted by molar-refractivity contribution is -0.127. The van der Waals surface area contributed by atoms with E-state index in [0.29, 0.717) is 6.42 Å². The number of carbonyl (C=O) groups excluding carboxylic acids is 2. The molecule has 1 aliphatic rings. The summed E-state index contributed by atoms with van der Waals surface area (Å²) in [4.78, 5) is 25.1. The monoisotopic (exact) mass is 274 g/mol. The molecule has 1 saturated heterocycles. The van der Waals surface area contributed by atoms with Crippen LogP contribution in [0.1, 0.15) is 17.5 Å². The number of nitrogens with one attached hydrogen (secondary N) is 1. The molecule has 0 bridgehead atoms. The average molecular weight is 274 g/mol. The SMILES string of the molecule is C=CCC1NC(=O)N(Cc2ccc(C)c(OC)c2)C1=O. The summed E-state index contributed by atoms with van der Waals surface area (Å²) < 4.78 is 5.25. The molecule has 2 rings (SSSR count). The molecule has 1 heterocycles. The Balaban J connectivity index is 2.15. The fraction of sp³-hybridized carbons (Fsp3) is 0.333. The second-order valence-electron chi connectivity index (χ2n) is 4.75. The van der Waals surface area contributed by atoms with Gasteiger partial charge in [-0.15, -0.1) is 6.58 Å². The van der Waals surface area contributed by atoms with Crippen LogP contribution in [0.2, 0.25) is 0 Å². The molecular formula is C15H18N2O3. The van der Waals surface area contributed by atoms with Crippen molar-refractivity contribution in [2.45, 2.75) is 25.9 Å². The number of nitrogens with zero attached hydrogens (tertiary/aromatic N) is 1. The quantitative estimate of drug-likeness (QED) is 0.660. The van der Waals surface area contributed by atoms with Gasteiger partial charge in [-0.1, -0.05) is 18.2 Å². The smallest absolute Gasteiger partial charge is 0.325 e. The first kappa shape index (κ1) is 14.1. The Morgan fingerprint density at radius 2 is 2.20 bits per heavy atom. The highest BCUT2D eigenvalue weighted by molar-refractivity contribution is 6.04. The van der Waals surface area contributed by atoms with Crippen LogP contribution in [0.5, 0.6) is 5.75 Å². The average Bonchev–Trinajstić information content (AvgIpc) is 2.69. The highest BCUT2D eigenvalue weighted by Crippen LogP contribution is 2.21. The molecule has 0 radical (unpaired) electrons. The zero-order valence-corrected chi connectivity index (χ0v) is 11.7. The number of carbonyl (C=O) groups is 2. The number of rotatable bonds is 5. The van der Waals surface area contributed by atoms with E-state index in [2.05, 4.69) is 11.9 Å². The van der Waals surface area contributed by atoms with Crippen molar-refractivity contribution in [1.82, 2.24) is 10.2 Å². The predicted molar refractivity (Wildman–Crippen MR) is 75.4 cm³/mol. The van der Waals surface area contributed by atoms with E-state index in [-0.39, 0.29) is 18.5 Å². The van der Waals surface area contributed by atoms with E-state index < -0.39 is 6.04 Å². The number of benzene rings is 1. The molecule has 1 fully saturated rings. The van der Waals surface area contributed by atoms with Gasteiger partial charge in [0.15, 0.2) is 0 Å². The minimum atomic E-state index is -0.493. The number of imide groups is 1.